The molecule has 1 atom stereocenters. The second-order valence-electron chi connectivity index (χ2n) is 5.14. The van der Waals surface area contributed by atoms with Crippen LogP contribution in [0.2, 0.25) is 0 Å². The van der Waals surface area contributed by atoms with Crippen LogP contribution in [0.25, 0.3) is 0 Å². The van der Waals surface area contributed by atoms with Crippen molar-refractivity contribution in [1.29, 1.82) is 0 Å². The van der Waals surface area contributed by atoms with E-state index in [2.05, 4.69) is 25.6 Å². The minimum absolute atomic E-state index is 0.109. The zero-order chi connectivity index (χ0) is 13.8. The number of H-pyrrole nitrogens is 1. The van der Waals surface area contributed by atoms with Crippen LogP contribution in [-0.2, 0) is 24.2 Å². The molecule has 1 unspecified atom stereocenters. The number of aryl methyl sites for hydroxylation is 2. The maximum absolute atomic E-state index is 11.9. The molecule has 0 fully saturated rings. The summed E-state index contributed by atoms with van der Waals surface area (Å²) in [7, 11) is 0. The fourth-order valence-electron chi connectivity index (χ4n) is 2.58. The van der Waals surface area contributed by atoms with Gasteiger partial charge < -0.3 is 5.32 Å². The third-order valence-electron chi connectivity index (χ3n) is 3.64. The lowest BCUT2D eigenvalue weighted by molar-refractivity contribution is -0.122. The van der Waals surface area contributed by atoms with Gasteiger partial charge in [-0.15, -0.1) is 0 Å². The van der Waals surface area contributed by atoms with Crippen molar-refractivity contribution in [1.82, 2.24) is 30.3 Å². The summed E-state index contributed by atoms with van der Waals surface area (Å²) in [5.41, 5.74) is 2.44. The fraction of sp³-hybridized carbons (Fsp3) is 0.538. The molecule has 3 rings (SSSR count). The number of nitrogens with one attached hydrogen (secondary N) is 2. The lowest BCUT2D eigenvalue weighted by Crippen LogP contribution is -2.38. The maximum atomic E-state index is 11.9. The molecule has 1 aliphatic rings. The van der Waals surface area contributed by atoms with Crippen molar-refractivity contribution in [3.63, 3.8) is 0 Å². The maximum Gasteiger partial charge on any atom is 0.220 e. The van der Waals surface area contributed by atoms with Crippen molar-refractivity contribution in [2.24, 2.45) is 0 Å². The summed E-state index contributed by atoms with van der Waals surface area (Å²) >= 11 is 0. The molecule has 0 saturated carbocycles. The first-order chi connectivity index (χ1) is 9.81. The van der Waals surface area contributed by atoms with E-state index in [4.69, 9.17) is 0 Å². The lowest BCUT2D eigenvalue weighted by atomic mass is 9.93. The summed E-state index contributed by atoms with van der Waals surface area (Å²) in [6.45, 7) is 0.725. The average molecular weight is 274 g/mol. The second-order valence-corrected chi connectivity index (χ2v) is 5.14. The summed E-state index contributed by atoms with van der Waals surface area (Å²) in [6.07, 6.45) is 9.17. The number of rotatable bonds is 5. The predicted octanol–water partition coefficient (Wildman–Crippen LogP) is 0.455. The average Bonchev–Trinajstić information content (AvgIpc) is 3.08. The molecule has 0 bridgehead atoms. The normalized spacial score (nSPS) is 17.7. The van der Waals surface area contributed by atoms with Gasteiger partial charge in [-0.1, -0.05) is 0 Å². The Hall–Kier alpha value is -2.18. The van der Waals surface area contributed by atoms with Crippen LogP contribution in [0.1, 0.15) is 30.5 Å². The molecular formula is C13H18N6O. The van der Waals surface area contributed by atoms with Crippen LogP contribution >= 0.6 is 0 Å². The molecule has 1 amide bonds. The summed E-state index contributed by atoms with van der Waals surface area (Å²) in [4.78, 5) is 15.8. The first kappa shape index (κ1) is 12.8. The Labute approximate surface area is 116 Å². The Kier molecular flexibility index (Phi) is 3.76. The van der Waals surface area contributed by atoms with Crippen molar-refractivity contribution < 1.29 is 4.79 Å². The topological polar surface area (TPSA) is 88.5 Å². The van der Waals surface area contributed by atoms with Gasteiger partial charge in [0.1, 0.15) is 12.7 Å². The first-order valence-corrected chi connectivity index (χ1v) is 6.94. The highest BCUT2D eigenvalue weighted by atomic mass is 16.1. The van der Waals surface area contributed by atoms with Gasteiger partial charge in [0, 0.05) is 31.1 Å². The molecule has 0 aliphatic heterocycles. The molecule has 20 heavy (non-hydrogen) atoms. The van der Waals surface area contributed by atoms with Crippen LogP contribution in [-0.4, -0.2) is 36.9 Å². The van der Waals surface area contributed by atoms with Gasteiger partial charge in [-0.3, -0.25) is 14.6 Å². The number of carbonyl (C=O) groups is 1. The Morgan fingerprint density at radius 1 is 1.55 bits per heavy atom. The van der Waals surface area contributed by atoms with E-state index in [1.165, 1.54) is 11.9 Å². The molecule has 0 spiro atoms. The number of hydrogen-bond donors (Lipinski definition) is 2. The van der Waals surface area contributed by atoms with Crippen LogP contribution in [0.15, 0.2) is 18.9 Å². The summed E-state index contributed by atoms with van der Waals surface area (Å²) < 4.78 is 1.74. The van der Waals surface area contributed by atoms with Gasteiger partial charge >= 0.3 is 0 Å². The van der Waals surface area contributed by atoms with Crippen LogP contribution in [0, 0.1) is 0 Å². The van der Waals surface area contributed by atoms with E-state index in [-0.39, 0.29) is 11.9 Å². The van der Waals surface area contributed by atoms with Crippen LogP contribution < -0.4 is 5.32 Å². The van der Waals surface area contributed by atoms with Gasteiger partial charge in [-0.05, 0) is 24.8 Å². The quantitative estimate of drug-likeness (QED) is 0.828. The molecule has 2 aromatic heterocycles. The number of aromatic amines is 1. The molecule has 2 aromatic rings. The van der Waals surface area contributed by atoms with Crippen LogP contribution in [0.5, 0.6) is 0 Å². The predicted molar refractivity (Wildman–Crippen MR) is 71.8 cm³/mol. The van der Waals surface area contributed by atoms with E-state index in [0.717, 1.165) is 37.9 Å². The number of hydrogen-bond acceptors (Lipinski definition) is 4. The van der Waals surface area contributed by atoms with Crippen molar-refractivity contribution >= 4 is 5.91 Å². The Balaban J connectivity index is 1.41. The summed E-state index contributed by atoms with van der Waals surface area (Å²) in [5.74, 6) is 0.109. The first-order valence-electron chi connectivity index (χ1n) is 6.94. The molecule has 106 valence electrons. The fourth-order valence-corrected chi connectivity index (χ4v) is 2.58. The Morgan fingerprint density at radius 2 is 2.50 bits per heavy atom. The van der Waals surface area contributed by atoms with Gasteiger partial charge in [0.15, 0.2) is 0 Å². The van der Waals surface area contributed by atoms with Crippen LogP contribution in [0.3, 0.4) is 0 Å². The monoisotopic (exact) mass is 274 g/mol. The molecule has 1 aliphatic carbocycles. The van der Waals surface area contributed by atoms with E-state index < -0.39 is 0 Å². The van der Waals surface area contributed by atoms with E-state index in [9.17, 15) is 4.79 Å². The number of aromatic nitrogens is 5. The Bertz CT molecular complexity index is 561. The van der Waals surface area contributed by atoms with Gasteiger partial charge in [0.05, 0.1) is 6.20 Å². The zero-order valence-corrected chi connectivity index (χ0v) is 11.2. The molecule has 0 aromatic carbocycles. The SMILES string of the molecule is O=C(CCCn1cncn1)NC1CCc2cn[nH]c2C1. The largest absolute Gasteiger partial charge is 0.353 e. The molecule has 0 saturated heterocycles. The van der Waals surface area contributed by atoms with Gasteiger partial charge in [-0.2, -0.15) is 10.2 Å². The second kappa shape index (κ2) is 5.85. The lowest BCUT2D eigenvalue weighted by Gasteiger charge is -2.22. The van der Waals surface area contributed by atoms with Gasteiger partial charge in [-0.25, -0.2) is 4.98 Å². The number of amides is 1. The molecular weight excluding hydrogens is 256 g/mol. The summed E-state index contributed by atoms with van der Waals surface area (Å²) in [5, 5.41) is 14.2. The minimum atomic E-state index is 0.109. The Morgan fingerprint density at radius 3 is 3.35 bits per heavy atom. The van der Waals surface area contributed by atoms with Gasteiger partial charge in [0.2, 0.25) is 5.91 Å². The van der Waals surface area contributed by atoms with Crippen molar-refractivity contribution in [2.45, 2.75) is 44.7 Å². The third kappa shape index (κ3) is 3.04. The highest BCUT2D eigenvalue weighted by Gasteiger charge is 2.21. The number of fused-ring (bicyclic) bond motifs is 1. The van der Waals surface area contributed by atoms with Crippen molar-refractivity contribution in [3.8, 4) is 0 Å². The van der Waals surface area contributed by atoms with Crippen molar-refractivity contribution in [2.75, 3.05) is 0 Å². The third-order valence-corrected chi connectivity index (χ3v) is 3.64. The van der Waals surface area contributed by atoms with E-state index in [1.54, 1.807) is 11.0 Å². The van der Waals surface area contributed by atoms with E-state index in [1.807, 2.05) is 6.20 Å². The molecule has 0 radical (unpaired) electrons. The number of carbonyl (C=O) groups excluding carboxylic acids is 1. The van der Waals surface area contributed by atoms with Crippen molar-refractivity contribution in [3.05, 3.63) is 30.1 Å². The highest BCUT2D eigenvalue weighted by Crippen LogP contribution is 2.18. The standard InChI is InChI=1S/C13H18N6O/c20-13(2-1-5-19-9-14-8-16-19)17-11-4-3-10-7-15-18-12(10)6-11/h7-9,11H,1-6H2,(H,15,18)(H,17,20). The van der Waals surface area contributed by atoms with E-state index in [0.29, 0.717) is 6.42 Å². The molecule has 7 heteroatoms. The molecule has 2 N–H and O–H groups in total. The highest BCUT2D eigenvalue weighted by molar-refractivity contribution is 5.76. The summed E-state index contributed by atoms with van der Waals surface area (Å²) in [6, 6.07) is 0.224. The molecule has 2 heterocycles. The van der Waals surface area contributed by atoms with E-state index >= 15 is 0 Å². The smallest absolute Gasteiger partial charge is 0.220 e. The molecule has 7 nitrogen and oxygen atoms in total. The minimum Gasteiger partial charge on any atom is -0.353 e. The zero-order valence-electron chi connectivity index (χ0n) is 11.2. The van der Waals surface area contributed by atoms with Gasteiger partial charge in [0.25, 0.3) is 0 Å². The number of nitrogens with zero attached hydrogens (tertiary/aromatic N) is 4. The van der Waals surface area contributed by atoms with Crippen LogP contribution in [0.4, 0.5) is 0 Å².